The van der Waals surface area contributed by atoms with E-state index in [-0.39, 0.29) is 40.2 Å². The van der Waals surface area contributed by atoms with Crippen LogP contribution in [0.4, 0.5) is 4.39 Å². The molecule has 1 aromatic heterocycles. The minimum atomic E-state index is -0.368. The molecule has 0 radical (unpaired) electrons. The Balaban J connectivity index is 1.37. The Labute approximate surface area is 226 Å². The van der Waals surface area contributed by atoms with Crippen LogP contribution in [0.1, 0.15) is 63.4 Å². The van der Waals surface area contributed by atoms with Crippen molar-refractivity contribution in [1.29, 1.82) is 0 Å². The smallest absolute Gasteiger partial charge is 0.274 e. The number of carbonyl (C=O) groups is 2. The van der Waals surface area contributed by atoms with E-state index >= 15 is 0 Å². The van der Waals surface area contributed by atoms with E-state index < -0.39 is 0 Å². The fraction of sp³-hybridized carbons (Fsp3) is 0.400. The highest BCUT2D eigenvalue weighted by atomic mass is 19.1. The van der Waals surface area contributed by atoms with E-state index in [0.29, 0.717) is 44.1 Å². The molecule has 9 heteroatoms. The Morgan fingerprint density at radius 1 is 0.949 bits per heavy atom. The largest absolute Gasteiger partial charge is 0.505 e. The molecule has 3 aliphatic rings. The molecule has 0 saturated heterocycles. The van der Waals surface area contributed by atoms with Gasteiger partial charge in [0.2, 0.25) is 0 Å². The van der Waals surface area contributed by atoms with E-state index in [4.69, 9.17) is 9.47 Å². The number of fused-ring (bicyclic) bond motifs is 4. The van der Waals surface area contributed by atoms with Gasteiger partial charge in [-0.15, -0.1) is 0 Å². The summed E-state index contributed by atoms with van der Waals surface area (Å²) in [6.45, 7) is 1.58. The number of halogens is 1. The molecule has 1 saturated carbocycles. The standard InChI is InChI=1S/C30H32FN3O5/c1-38-22-10-7-20(24(15-22)39-2)17-33-18-30(12-3-4-13-30)34-23-11-14-32(16-19-5-8-21(31)9-6-19)28(36)25(23)27(35)26(34)29(33)37/h5-10,15,35H,3-4,11-14,16-18H2,1-2H3. The summed E-state index contributed by atoms with van der Waals surface area (Å²) < 4.78 is 26.3. The third-order valence-electron chi connectivity index (χ3n) is 8.49. The monoisotopic (exact) mass is 533 g/mol. The Morgan fingerprint density at radius 2 is 1.69 bits per heavy atom. The molecule has 2 aromatic carbocycles. The molecular weight excluding hydrogens is 501 g/mol. The number of hydrogen-bond donors (Lipinski definition) is 1. The van der Waals surface area contributed by atoms with Crippen molar-refractivity contribution in [1.82, 2.24) is 14.4 Å². The van der Waals surface area contributed by atoms with E-state index in [9.17, 15) is 19.1 Å². The maximum Gasteiger partial charge on any atom is 0.274 e. The zero-order chi connectivity index (χ0) is 27.3. The van der Waals surface area contributed by atoms with Gasteiger partial charge >= 0.3 is 0 Å². The molecule has 204 valence electrons. The normalized spacial score (nSPS) is 17.9. The van der Waals surface area contributed by atoms with E-state index in [0.717, 1.165) is 42.5 Å². The molecule has 0 bridgehead atoms. The average Bonchev–Trinajstić information content (AvgIpc) is 3.53. The van der Waals surface area contributed by atoms with Crippen LogP contribution in [0.15, 0.2) is 42.5 Å². The van der Waals surface area contributed by atoms with Crippen molar-refractivity contribution >= 4 is 11.8 Å². The van der Waals surface area contributed by atoms with Crippen LogP contribution < -0.4 is 9.47 Å². The fourth-order valence-corrected chi connectivity index (χ4v) is 6.63. The molecule has 2 aliphatic heterocycles. The lowest BCUT2D eigenvalue weighted by atomic mass is 9.92. The summed E-state index contributed by atoms with van der Waals surface area (Å²) in [6, 6.07) is 11.6. The highest BCUT2D eigenvalue weighted by Crippen LogP contribution is 2.48. The average molecular weight is 534 g/mol. The first kappa shape index (κ1) is 25.3. The summed E-state index contributed by atoms with van der Waals surface area (Å²) in [6.07, 6.45) is 4.32. The molecule has 1 N–H and O–H groups in total. The number of aromatic nitrogens is 1. The van der Waals surface area contributed by atoms with Crippen molar-refractivity contribution in [2.24, 2.45) is 0 Å². The number of benzene rings is 2. The summed E-state index contributed by atoms with van der Waals surface area (Å²) in [4.78, 5) is 31.1. The summed E-state index contributed by atoms with van der Waals surface area (Å²) in [7, 11) is 3.18. The Morgan fingerprint density at radius 3 is 2.38 bits per heavy atom. The van der Waals surface area contributed by atoms with Crippen molar-refractivity contribution in [3.8, 4) is 17.2 Å². The van der Waals surface area contributed by atoms with Crippen LogP contribution in [-0.2, 0) is 25.0 Å². The Kier molecular flexibility index (Phi) is 6.24. The first-order valence-corrected chi connectivity index (χ1v) is 13.4. The molecule has 6 rings (SSSR count). The molecule has 1 aliphatic carbocycles. The molecule has 0 atom stereocenters. The molecule has 3 heterocycles. The quantitative estimate of drug-likeness (QED) is 0.506. The van der Waals surface area contributed by atoms with Gasteiger partial charge in [-0.1, -0.05) is 25.0 Å². The van der Waals surface area contributed by atoms with Gasteiger partial charge < -0.3 is 28.9 Å². The van der Waals surface area contributed by atoms with Gasteiger partial charge in [0.05, 0.1) is 19.8 Å². The maximum absolute atomic E-state index is 14.0. The summed E-state index contributed by atoms with van der Waals surface area (Å²) in [5, 5.41) is 11.5. The van der Waals surface area contributed by atoms with E-state index in [1.165, 1.54) is 12.1 Å². The molecule has 39 heavy (non-hydrogen) atoms. The Hall–Kier alpha value is -4.01. The van der Waals surface area contributed by atoms with Crippen LogP contribution in [-0.4, -0.2) is 58.6 Å². The SMILES string of the molecule is COc1ccc(CN2CC3(CCCC3)n3c4c(c(O)c3C2=O)C(=O)N(Cc2ccc(F)cc2)CC4)c(OC)c1. The zero-order valence-corrected chi connectivity index (χ0v) is 22.2. The zero-order valence-electron chi connectivity index (χ0n) is 22.2. The van der Waals surface area contributed by atoms with E-state index in [2.05, 4.69) is 0 Å². The molecule has 2 amide bonds. The molecule has 1 fully saturated rings. The first-order chi connectivity index (χ1) is 18.8. The lowest BCUT2D eigenvalue weighted by molar-refractivity contribution is 0.0519. The van der Waals surface area contributed by atoms with Gasteiger partial charge in [-0.2, -0.15) is 0 Å². The van der Waals surface area contributed by atoms with E-state index in [1.807, 2.05) is 16.7 Å². The van der Waals surface area contributed by atoms with Gasteiger partial charge in [0, 0.05) is 49.9 Å². The summed E-state index contributed by atoms with van der Waals surface area (Å²) >= 11 is 0. The topological polar surface area (TPSA) is 84.2 Å². The lowest BCUT2D eigenvalue weighted by Gasteiger charge is -2.44. The number of amides is 2. The minimum absolute atomic E-state index is 0.206. The van der Waals surface area contributed by atoms with Gasteiger partial charge in [-0.05, 0) is 42.7 Å². The van der Waals surface area contributed by atoms with Crippen LogP contribution in [0.25, 0.3) is 0 Å². The molecule has 1 spiro atoms. The lowest BCUT2D eigenvalue weighted by Crippen LogP contribution is -2.53. The molecule has 3 aromatic rings. The summed E-state index contributed by atoms with van der Waals surface area (Å²) in [5.74, 6) is 0.122. The number of nitrogens with zero attached hydrogens (tertiary/aromatic N) is 3. The second kappa shape index (κ2) is 9.63. The predicted molar refractivity (Wildman–Crippen MR) is 142 cm³/mol. The van der Waals surface area contributed by atoms with Crippen LogP contribution in [0.2, 0.25) is 0 Å². The summed E-state index contributed by atoms with van der Waals surface area (Å²) in [5.41, 5.74) is 2.46. The number of carbonyl (C=O) groups excluding carboxylic acids is 2. The number of aromatic hydroxyl groups is 1. The number of ether oxygens (including phenoxy) is 2. The minimum Gasteiger partial charge on any atom is -0.505 e. The third kappa shape index (κ3) is 4.11. The third-order valence-corrected chi connectivity index (χ3v) is 8.49. The first-order valence-electron chi connectivity index (χ1n) is 13.4. The van der Waals surface area contributed by atoms with Gasteiger partial charge in [0.1, 0.15) is 22.9 Å². The van der Waals surface area contributed by atoms with Gasteiger partial charge in [0.15, 0.2) is 11.4 Å². The second-order valence-electron chi connectivity index (χ2n) is 10.7. The Bertz CT molecular complexity index is 1440. The van der Waals surface area contributed by atoms with Gasteiger partial charge in [0.25, 0.3) is 11.8 Å². The van der Waals surface area contributed by atoms with Crippen molar-refractivity contribution in [3.05, 3.63) is 76.4 Å². The van der Waals surface area contributed by atoms with E-state index in [1.54, 1.807) is 42.2 Å². The van der Waals surface area contributed by atoms with Crippen molar-refractivity contribution < 1.29 is 28.6 Å². The molecule has 8 nitrogen and oxygen atoms in total. The van der Waals surface area contributed by atoms with Crippen molar-refractivity contribution in [2.75, 3.05) is 27.3 Å². The number of rotatable bonds is 6. The van der Waals surface area contributed by atoms with Crippen LogP contribution in [0.3, 0.4) is 0 Å². The van der Waals surface area contributed by atoms with Crippen LogP contribution in [0, 0.1) is 5.82 Å². The van der Waals surface area contributed by atoms with Crippen LogP contribution in [0.5, 0.6) is 17.2 Å². The van der Waals surface area contributed by atoms with Crippen LogP contribution >= 0.6 is 0 Å². The predicted octanol–water partition coefficient (Wildman–Crippen LogP) is 4.47. The van der Waals surface area contributed by atoms with Crippen molar-refractivity contribution in [2.45, 2.75) is 50.7 Å². The fourth-order valence-electron chi connectivity index (χ4n) is 6.63. The molecule has 0 unspecified atom stereocenters. The number of methoxy groups -OCH3 is 2. The maximum atomic E-state index is 14.0. The highest BCUT2D eigenvalue weighted by molar-refractivity contribution is 6.06. The van der Waals surface area contributed by atoms with Crippen molar-refractivity contribution in [3.63, 3.8) is 0 Å². The second-order valence-corrected chi connectivity index (χ2v) is 10.7. The van der Waals surface area contributed by atoms with Gasteiger partial charge in [-0.25, -0.2) is 4.39 Å². The number of hydrogen-bond acceptors (Lipinski definition) is 5. The highest BCUT2D eigenvalue weighted by Gasteiger charge is 2.50. The van der Waals surface area contributed by atoms with Gasteiger partial charge in [-0.3, -0.25) is 9.59 Å². The molecular formula is C30H32FN3O5.